The van der Waals surface area contributed by atoms with E-state index in [1.165, 1.54) is 16.7 Å². The van der Waals surface area contributed by atoms with Crippen molar-refractivity contribution in [2.24, 2.45) is 0 Å². The van der Waals surface area contributed by atoms with Gasteiger partial charge < -0.3 is 14.8 Å². The van der Waals surface area contributed by atoms with Crippen LogP contribution < -0.4 is 14.8 Å². The zero-order valence-corrected chi connectivity index (χ0v) is 12.3. The van der Waals surface area contributed by atoms with Crippen LogP contribution in [0.5, 0.6) is 11.5 Å². The smallest absolute Gasteiger partial charge is 0.119 e. The molecule has 0 saturated heterocycles. The Kier molecular flexibility index (Phi) is 5.02. The number of hydrogen-bond acceptors (Lipinski definition) is 3. The Bertz CT molecular complexity index is 549. The van der Waals surface area contributed by atoms with Gasteiger partial charge in [0.15, 0.2) is 0 Å². The fraction of sp³-hybridized carbons (Fsp3) is 0.294. The van der Waals surface area contributed by atoms with Gasteiger partial charge in [0.2, 0.25) is 0 Å². The number of nitrogens with one attached hydrogen (secondary N) is 1. The minimum atomic E-state index is 0.687. The van der Waals surface area contributed by atoms with Gasteiger partial charge in [-0.3, -0.25) is 0 Å². The summed E-state index contributed by atoms with van der Waals surface area (Å²) in [5.41, 5.74) is 3.61. The topological polar surface area (TPSA) is 30.5 Å². The van der Waals surface area contributed by atoms with Crippen molar-refractivity contribution in [3.63, 3.8) is 0 Å². The van der Waals surface area contributed by atoms with Crippen LogP contribution >= 0.6 is 0 Å². The number of methoxy groups -OCH3 is 1. The van der Waals surface area contributed by atoms with E-state index in [-0.39, 0.29) is 0 Å². The van der Waals surface area contributed by atoms with Crippen molar-refractivity contribution in [1.29, 1.82) is 0 Å². The molecule has 2 aromatic carbocycles. The van der Waals surface area contributed by atoms with Gasteiger partial charge in [-0.15, -0.1) is 0 Å². The molecule has 0 radical (unpaired) electrons. The molecule has 20 heavy (non-hydrogen) atoms. The molecular weight excluding hydrogens is 250 g/mol. The fourth-order valence-corrected chi connectivity index (χ4v) is 2.21. The van der Waals surface area contributed by atoms with E-state index in [4.69, 9.17) is 9.47 Å². The van der Waals surface area contributed by atoms with Crippen LogP contribution in [-0.4, -0.2) is 20.8 Å². The first-order valence-corrected chi connectivity index (χ1v) is 6.83. The third-order valence-electron chi connectivity index (χ3n) is 3.16. The molecule has 3 heteroatoms. The molecule has 0 amide bonds. The molecule has 0 unspecified atom stereocenters. The van der Waals surface area contributed by atoms with Gasteiger partial charge in [0.1, 0.15) is 11.5 Å². The van der Waals surface area contributed by atoms with Gasteiger partial charge in [0.05, 0.1) is 13.7 Å². The van der Waals surface area contributed by atoms with Gasteiger partial charge in [-0.25, -0.2) is 0 Å². The van der Waals surface area contributed by atoms with Crippen LogP contribution in [-0.2, 0) is 6.54 Å². The molecule has 1 N–H and O–H groups in total. The number of hydrogen-bond donors (Lipinski definition) is 1. The van der Waals surface area contributed by atoms with E-state index in [0.717, 1.165) is 18.0 Å². The molecule has 0 heterocycles. The van der Waals surface area contributed by atoms with E-state index in [1.54, 1.807) is 7.11 Å². The lowest BCUT2D eigenvalue weighted by Crippen LogP contribution is -2.06. The highest BCUT2D eigenvalue weighted by molar-refractivity contribution is 5.69. The van der Waals surface area contributed by atoms with Gasteiger partial charge in [0.25, 0.3) is 0 Å². The van der Waals surface area contributed by atoms with Crippen molar-refractivity contribution >= 4 is 0 Å². The molecule has 0 bridgehead atoms. The summed E-state index contributed by atoms with van der Waals surface area (Å²) in [5.74, 6) is 1.78. The van der Waals surface area contributed by atoms with Crippen LogP contribution in [0.4, 0.5) is 0 Å². The molecule has 0 aliphatic carbocycles. The molecule has 2 rings (SSSR count). The van der Waals surface area contributed by atoms with Crippen LogP contribution in [0.1, 0.15) is 12.5 Å². The van der Waals surface area contributed by atoms with E-state index >= 15 is 0 Å². The maximum Gasteiger partial charge on any atom is 0.119 e. The second kappa shape index (κ2) is 6.96. The summed E-state index contributed by atoms with van der Waals surface area (Å²) in [6, 6.07) is 14.4. The fourth-order valence-electron chi connectivity index (χ4n) is 2.21. The summed E-state index contributed by atoms with van der Waals surface area (Å²) >= 11 is 0. The van der Waals surface area contributed by atoms with Crippen LogP contribution in [0, 0.1) is 0 Å². The van der Waals surface area contributed by atoms with Gasteiger partial charge in [-0.05, 0) is 54.9 Å². The lowest BCUT2D eigenvalue weighted by molar-refractivity contribution is 0.340. The molecule has 3 nitrogen and oxygen atoms in total. The maximum absolute atomic E-state index is 5.48. The highest BCUT2D eigenvalue weighted by Gasteiger charge is 2.06. The van der Waals surface area contributed by atoms with E-state index < -0.39 is 0 Å². The predicted octanol–water partition coefficient (Wildman–Crippen LogP) is 3.48. The van der Waals surface area contributed by atoms with Crippen molar-refractivity contribution in [3.05, 3.63) is 48.0 Å². The summed E-state index contributed by atoms with van der Waals surface area (Å²) in [6.07, 6.45) is 0. The van der Waals surface area contributed by atoms with Gasteiger partial charge in [0, 0.05) is 6.54 Å². The molecule has 0 aliphatic rings. The van der Waals surface area contributed by atoms with Crippen LogP contribution in [0.15, 0.2) is 42.5 Å². The second-order valence-electron chi connectivity index (χ2n) is 4.51. The Hall–Kier alpha value is -2.00. The zero-order valence-electron chi connectivity index (χ0n) is 12.3. The first-order chi connectivity index (χ1) is 9.78. The average molecular weight is 271 g/mol. The molecule has 0 aliphatic heterocycles. The van der Waals surface area contributed by atoms with Gasteiger partial charge in [-0.2, -0.15) is 0 Å². The highest BCUT2D eigenvalue weighted by Crippen LogP contribution is 2.28. The quantitative estimate of drug-likeness (QED) is 0.872. The number of benzene rings is 2. The molecule has 0 fully saturated rings. The molecular formula is C17H21NO2. The van der Waals surface area contributed by atoms with Crippen LogP contribution in [0.25, 0.3) is 11.1 Å². The Balaban J connectivity index is 2.35. The Labute approximate surface area is 120 Å². The third kappa shape index (κ3) is 3.31. The lowest BCUT2D eigenvalue weighted by Gasteiger charge is -2.12. The Morgan fingerprint density at radius 2 is 1.70 bits per heavy atom. The standard InChI is InChI=1S/C17H21NO2/c1-4-20-15-7-5-13(6-8-15)17-10-9-16(19-3)11-14(17)12-18-2/h5-11,18H,4,12H2,1-3H3. The second-order valence-corrected chi connectivity index (χ2v) is 4.51. The minimum absolute atomic E-state index is 0.687. The highest BCUT2D eigenvalue weighted by atomic mass is 16.5. The predicted molar refractivity (Wildman–Crippen MR) is 82.4 cm³/mol. The normalized spacial score (nSPS) is 10.3. The number of rotatable bonds is 6. The van der Waals surface area contributed by atoms with Crippen LogP contribution in [0.3, 0.4) is 0 Å². The van der Waals surface area contributed by atoms with E-state index in [2.05, 4.69) is 29.6 Å². The molecule has 0 saturated carbocycles. The Morgan fingerprint density at radius 3 is 2.30 bits per heavy atom. The van der Waals surface area contributed by atoms with E-state index in [1.807, 2.05) is 32.2 Å². The van der Waals surface area contributed by atoms with Crippen molar-refractivity contribution in [1.82, 2.24) is 5.32 Å². The molecule has 0 aromatic heterocycles. The average Bonchev–Trinajstić information content (AvgIpc) is 2.49. The summed E-state index contributed by atoms with van der Waals surface area (Å²) in [6.45, 7) is 3.48. The van der Waals surface area contributed by atoms with Crippen molar-refractivity contribution in [3.8, 4) is 22.6 Å². The van der Waals surface area contributed by atoms with E-state index in [9.17, 15) is 0 Å². The summed E-state index contributed by atoms with van der Waals surface area (Å²) < 4.78 is 10.8. The third-order valence-corrected chi connectivity index (χ3v) is 3.16. The monoisotopic (exact) mass is 271 g/mol. The Morgan fingerprint density at radius 1 is 1.00 bits per heavy atom. The first-order valence-electron chi connectivity index (χ1n) is 6.83. The lowest BCUT2D eigenvalue weighted by atomic mass is 9.99. The van der Waals surface area contributed by atoms with Crippen molar-refractivity contribution in [2.75, 3.05) is 20.8 Å². The van der Waals surface area contributed by atoms with Gasteiger partial charge >= 0.3 is 0 Å². The van der Waals surface area contributed by atoms with Gasteiger partial charge in [-0.1, -0.05) is 18.2 Å². The van der Waals surface area contributed by atoms with Crippen LogP contribution in [0.2, 0.25) is 0 Å². The first kappa shape index (κ1) is 14.4. The summed E-state index contributed by atoms with van der Waals surface area (Å²) in [5, 5.41) is 3.20. The SMILES string of the molecule is CCOc1ccc(-c2ccc(OC)cc2CNC)cc1. The van der Waals surface area contributed by atoms with Crippen molar-refractivity contribution in [2.45, 2.75) is 13.5 Å². The molecule has 0 atom stereocenters. The zero-order chi connectivity index (χ0) is 14.4. The number of ether oxygens (including phenoxy) is 2. The molecule has 106 valence electrons. The maximum atomic E-state index is 5.48. The molecule has 0 spiro atoms. The van der Waals surface area contributed by atoms with E-state index in [0.29, 0.717) is 6.61 Å². The van der Waals surface area contributed by atoms with Crippen molar-refractivity contribution < 1.29 is 9.47 Å². The minimum Gasteiger partial charge on any atom is -0.497 e. The summed E-state index contributed by atoms with van der Waals surface area (Å²) in [7, 11) is 3.64. The molecule has 2 aromatic rings. The largest absolute Gasteiger partial charge is 0.497 e. The summed E-state index contributed by atoms with van der Waals surface area (Å²) in [4.78, 5) is 0.